The van der Waals surface area contributed by atoms with Gasteiger partial charge in [0.25, 0.3) is 0 Å². The van der Waals surface area contributed by atoms with E-state index >= 15 is 0 Å². The fourth-order valence-corrected chi connectivity index (χ4v) is 7.32. The Balaban J connectivity index is 1.22. The summed E-state index contributed by atoms with van der Waals surface area (Å²) >= 11 is 3.67. The Kier molecular flexibility index (Phi) is 6.00. The lowest BCUT2D eigenvalue weighted by atomic mass is 10.0. The first kappa shape index (κ1) is 26.1. The standard InChI is InChI=1S/C42H27BrN2/c43-32-13-9-15-34(27-32)45-40-19-7-5-17-36(40)38-26-31(21-23-42(38)45)30-20-22-41-37(25-30)35-16-4-6-18-39(35)44(41)33-14-8-12-29(24-33)28-10-2-1-3-11-28/h1-27H. The maximum absolute atomic E-state index is 3.67. The second kappa shape index (κ2) is 10.4. The highest BCUT2D eigenvalue weighted by molar-refractivity contribution is 9.10. The molecule has 0 aliphatic carbocycles. The van der Waals surface area contributed by atoms with Gasteiger partial charge in [0.2, 0.25) is 0 Å². The summed E-state index contributed by atoms with van der Waals surface area (Å²) in [4.78, 5) is 0. The fraction of sp³-hybridized carbons (Fsp3) is 0. The number of halogens is 1. The second-order valence-corrected chi connectivity index (χ2v) is 12.5. The monoisotopic (exact) mass is 638 g/mol. The number of benzene rings is 7. The summed E-state index contributed by atoms with van der Waals surface area (Å²) in [5.41, 5.74) is 12.0. The molecule has 7 aromatic carbocycles. The van der Waals surface area contributed by atoms with Crippen LogP contribution in [0, 0.1) is 0 Å². The van der Waals surface area contributed by atoms with E-state index in [-0.39, 0.29) is 0 Å². The van der Waals surface area contributed by atoms with E-state index < -0.39 is 0 Å². The molecule has 0 bridgehead atoms. The number of hydrogen-bond acceptors (Lipinski definition) is 0. The second-order valence-electron chi connectivity index (χ2n) is 11.6. The summed E-state index contributed by atoms with van der Waals surface area (Å²) in [6.45, 7) is 0. The number of hydrogen-bond donors (Lipinski definition) is 0. The summed E-state index contributed by atoms with van der Waals surface area (Å²) in [5, 5.41) is 5.02. The molecular formula is C42H27BrN2. The van der Waals surface area contributed by atoms with Crippen molar-refractivity contribution in [2.24, 2.45) is 0 Å². The van der Waals surface area contributed by atoms with Gasteiger partial charge >= 0.3 is 0 Å². The number of nitrogens with zero attached hydrogens (tertiary/aromatic N) is 2. The van der Waals surface area contributed by atoms with Gasteiger partial charge in [-0.15, -0.1) is 0 Å². The molecule has 3 heteroatoms. The molecule has 2 nitrogen and oxygen atoms in total. The van der Waals surface area contributed by atoms with E-state index in [0.717, 1.165) is 15.8 Å². The number of fused-ring (bicyclic) bond motifs is 6. The van der Waals surface area contributed by atoms with Crippen molar-refractivity contribution in [2.45, 2.75) is 0 Å². The molecule has 0 saturated heterocycles. The van der Waals surface area contributed by atoms with Crippen LogP contribution in [0.2, 0.25) is 0 Å². The molecule has 0 aliphatic heterocycles. The Hall–Kier alpha value is -5.38. The lowest BCUT2D eigenvalue weighted by molar-refractivity contribution is 1.18. The molecule has 0 unspecified atom stereocenters. The smallest absolute Gasteiger partial charge is 0.0541 e. The fourth-order valence-electron chi connectivity index (χ4n) is 6.93. The third-order valence-electron chi connectivity index (χ3n) is 8.96. The molecular weight excluding hydrogens is 612 g/mol. The van der Waals surface area contributed by atoms with E-state index in [1.54, 1.807) is 0 Å². The van der Waals surface area contributed by atoms with Crippen molar-refractivity contribution in [1.29, 1.82) is 0 Å². The molecule has 9 aromatic rings. The molecule has 0 aliphatic rings. The molecule has 0 amide bonds. The van der Waals surface area contributed by atoms with Crippen LogP contribution in [0.5, 0.6) is 0 Å². The zero-order valence-corrected chi connectivity index (χ0v) is 25.9. The SMILES string of the molecule is Brc1cccc(-n2c3ccccc3c3cc(-c4ccc5c(c4)c4ccccc4n5-c4cccc(-c5ccccc5)c4)ccc32)c1. The first-order valence-electron chi connectivity index (χ1n) is 15.2. The average molecular weight is 640 g/mol. The van der Waals surface area contributed by atoms with Crippen molar-refractivity contribution >= 4 is 59.5 Å². The van der Waals surface area contributed by atoms with Crippen molar-refractivity contribution in [2.75, 3.05) is 0 Å². The van der Waals surface area contributed by atoms with E-state index in [2.05, 4.69) is 189 Å². The van der Waals surface area contributed by atoms with Crippen LogP contribution in [0.3, 0.4) is 0 Å². The summed E-state index contributed by atoms with van der Waals surface area (Å²) in [7, 11) is 0. The maximum atomic E-state index is 3.67. The molecule has 9 rings (SSSR count). The minimum absolute atomic E-state index is 1.07. The van der Waals surface area contributed by atoms with Gasteiger partial charge in [-0.2, -0.15) is 0 Å². The lowest BCUT2D eigenvalue weighted by Gasteiger charge is -2.11. The van der Waals surface area contributed by atoms with Crippen LogP contribution in [0.1, 0.15) is 0 Å². The van der Waals surface area contributed by atoms with Gasteiger partial charge < -0.3 is 9.13 Å². The molecule has 0 spiro atoms. The Morgan fingerprint density at radius 1 is 0.311 bits per heavy atom. The Morgan fingerprint density at radius 3 is 1.38 bits per heavy atom. The number of rotatable bonds is 4. The van der Waals surface area contributed by atoms with Crippen molar-refractivity contribution in [1.82, 2.24) is 9.13 Å². The molecule has 0 saturated carbocycles. The lowest BCUT2D eigenvalue weighted by Crippen LogP contribution is -1.94. The molecule has 212 valence electrons. The van der Waals surface area contributed by atoms with Gasteiger partial charge in [-0.05, 0) is 89.0 Å². The summed E-state index contributed by atoms with van der Waals surface area (Å²) in [6.07, 6.45) is 0. The molecule has 0 radical (unpaired) electrons. The predicted octanol–water partition coefficient (Wildman–Crippen LogP) is 12.0. The molecule has 0 N–H and O–H groups in total. The third-order valence-corrected chi connectivity index (χ3v) is 9.45. The highest BCUT2D eigenvalue weighted by Gasteiger charge is 2.16. The minimum Gasteiger partial charge on any atom is -0.309 e. The zero-order valence-electron chi connectivity index (χ0n) is 24.4. The van der Waals surface area contributed by atoms with Gasteiger partial charge in [0.15, 0.2) is 0 Å². The number of aromatic nitrogens is 2. The van der Waals surface area contributed by atoms with E-state index in [9.17, 15) is 0 Å². The van der Waals surface area contributed by atoms with Crippen LogP contribution in [0.15, 0.2) is 168 Å². The van der Waals surface area contributed by atoms with E-state index in [1.807, 2.05) is 0 Å². The van der Waals surface area contributed by atoms with Crippen molar-refractivity contribution in [3.05, 3.63) is 168 Å². The average Bonchev–Trinajstić information content (AvgIpc) is 3.61. The summed E-state index contributed by atoms with van der Waals surface area (Å²) < 4.78 is 5.83. The van der Waals surface area contributed by atoms with Crippen LogP contribution in [-0.4, -0.2) is 9.13 Å². The van der Waals surface area contributed by atoms with Crippen molar-refractivity contribution in [3.8, 4) is 33.6 Å². The van der Waals surface area contributed by atoms with Gasteiger partial charge in [0, 0.05) is 37.4 Å². The number of para-hydroxylation sites is 2. The topological polar surface area (TPSA) is 9.86 Å². The van der Waals surface area contributed by atoms with Gasteiger partial charge in [-0.25, -0.2) is 0 Å². The van der Waals surface area contributed by atoms with E-state index in [1.165, 1.54) is 65.9 Å². The van der Waals surface area contributed by atoms with E-state index in [0.29, 0.717) is 0 Å². The van der Waals surface area contributed by atoms with E-state index in [4.69, 9.17) is 0 Å². The van der Waals surface area contributed by atoms with Gasteiger partial charge in [-0.1, -0.05) is 113 Å². The normalized spacial score (nSPS) is 11.7. The first-order valence-corrected chi connectivity index (χ1v) is 16.0. The highest BCUT2D eigenvalue weighted by Crippen LogP contribution is 2.38. The predicted molar refractivity (Wildman–Crippen MR) is 194 cm³/mol. The molecule has 0 fully saturated rings. The molecule has 2 aromatic heterocycles. The third kappa shape index (κ3) is 4.23. The van der Waals surface area contributed by atoms with Gasteiger partial charge in [0.05, 0.1) is 22.1 Å². The van der Waals surface area contributed by atoms with Gasteiger partial charge in [-0.3, -0.25) is 0 Å². The van der Waals surface area contributed by atoms with Crippen LogP contribution in [0.25, 0.3) is 77.2 Å². The maximum Gasteiger partial charge on any atom is 0.0541 e. The van der Waals surface area contributed by atoms with Crippen molar-refractivity contribution in [3.63, 3.8) is 0 Å². The highest BCUT2D eigenvalue weighted by atomic mass is 79.9. The Labute approximate surface area is 269 Å². The zero-order chi connectivity index (χ0) is 29.9. The van der Waals surface area contributed by atoms with Crippen LogP contribution < -0.4 is 0 Å². The first-order chi connectivity index (χ1) is 22.2. The molecule has 0 atom stereocenters. The summed E-state index contributed by atoms with van der Waals surface area (Å²) in [6, 6.07) is 59.2. The van der Waals surface area contributed by atoms with Crippen LogP contribution >= 0.6 is 15.9 Å². The largest absolute Gasteiger partial charge is 0.309 e. The Bertz CT molecular complexity index is 2550. The molecule has 2 heterocycles. The molecule has 45 heavy (non-hydrogen) atoms. The van der Waals surface area contributed by atoms with Crippen molar-refractivity contribution < 1.29 is 0 Å². The van der Waals surface area contributed by atoms with Crippen LogP contribution in [-0.2, 0) is 0 Å². The summed E-state index contributed by atoms with van der Waals surface area (Å²) in [5.74, 6) is 0. The Morgan fingerprint density at radius 2 is 0.778 bits per heavy atom. The van der Waals surface area contributed by atoms with Crippen LogP contribution in [0.4, 0.5) is 0 Å². The minimum atomic E-state index is 1.07. The quantitative estimate of drug-likeness (QED) is 0.181. The van der Waals surface area contributed by atoms with Gasteiger partial charge in [0.1, 0.15) is 0 Å².